The van der Waals surface area contributed by atoms with Gasteiger partial charge in [0.25, 0.3) is 0 Å². The molecule has 0 aliphatic rings. The third kappa shape index (κ3) is 6.73. The molecule has 2 aromatic rings. The van der Waals surface area contributed by atoms with Crippen molar-refractivity contribution in [1.29, 1.82) is 0 Å². The van der Waals surface area contributed by atoms with Crippen LogP contribution in [-0.2, 0) is 19.1 Å². The van der Waals surface area contributed by atoms with Gasteiger partial charge in [-0.25, -0.2) is 9.59 Å². The monoisotopic (exact) mass is 366 g/mol. The lowest BCUT2D eigenvalue weighted by Gasteiger charge is -2.06. The highest BCUT2D eigenvalue weighted by Crippen LogP contribution is 2.25. The van der Waals surface area contributed by atoms with Crippen LogP contribution in [0.3, 0.4) is 0 Å². The highest BCUT2D eigenvalue weighted by Gasteiger charge is 2.00. The number of hydrogen-bond acceptors (Lipinski definition) is 7. The average molecular weight is 366 g/mol. The largest absolute Gasteiger partial charge is 0.459 e. The second kappa shape index (κ2) is 10.0. The molecule has 2 aromatic carbocycles. The smallest absolute Gasteiger partial charge is 0.387 e. The van der Waals surface area contributed by atoms with Crippen molar-refractivity contribution < 1.29 is 33.3 Å². The lowest BCUT2D eigenvalue weighted by molar-refractivity contribution is -0.134. The molecule has 0 N–H and O–H groups in total. The fraction of sp³-hybridized carbons (Fsp3) is 0.100. The Hall–Kier alpha value is -4.10. The molecule has 7 nitrogen and oxygen atoms in total. The molecule has 0 aliphatic carbocycles. The lowest BCUT2D eigenvalue weighted by Crippen LogP contribution is -1.95. The Morgan fingerprint density at radius 1 is 0.630 bits per heavy atom. The molecule has 0 bridgehead atoms. The molecule has 136 valence electrons. The molecule has 0 saturated heterocycles. The molecule has 0 aliphatic heterocycles. The molecule has 0 heterocycles. The molecule has 27 heavy (non-hydrogen) atoms. The molecular weight excluding hydrogens is 352 g/mol. The summed E-state index contributed by atoms with van der Waals surface area (Å²) >= 11 is 0. The van der Waals surface area contributed by atoms with E-state index in [4.69, 9.17) is 14.2 Å². The second-order valence-electron chi connectivity index (χ2n) is 4.69. The Bertz CT molecular complexity index is 830. The van der Waals surface area contributed by atoms with Crippen molar-refractivity contribution in [2.24, 2.45) is 0 Å². The summed E-state index contributed by atoms with van der Waals surface area (Å²) in [6.07, 6.45) is 4.47. The van der Waals surface area contributed by atoms with Crippen molar-refractivity contribution in [3.63, 3.8) is 0 Å². The van der Waals surface area contributed by atoms with Crippen LogP contribution in [0, 0.1) is 24.1 Å². The van der Waals surface area contributed by atoms with Crippen molar-refractivity contribution in [2.75, 3.05) is 14.2 Å². The zero-order chi connectivity index (χ0) is 19.5. The highest BCUT2D eigenvalue weighted by molar-refractivity contribution is 5.88. The van der Waals surface area contributed by atoms with Crippen LogP contribution >= 0.6 is 0 Å². The summed E-state index contributed by atoms with van der Waals surface area (Å²) in [6, 6.07) is 13.3. The van der Waals surface area contributed by atoms with Crippen molar-refractivity contribution in [3.05, 3.63) is 48.5 Å². The van der Waals surface area contributed by atoms with E-state index in [1.807, 2.05) is 0 Å². The van der Waals surface area contributed by atoms with Gasteiger partial charge in [0.15, 0.2) is 0 Å². The first-order valence-corrected chi connectivity index (χ1v) is 7.50. The summed E-state index contributed by atoms with van der Waals surface area (Å²) < 4.78 is 24.6. The van der Waals surface area contributed by atoms with E-state index < -0.39 is 11.9 Å². The first kappa shape index (κ1) is 19.2. The topological polar surface area (TPSA) is 80.3 Å². The molecule has 2 rings (SSSR count). The predicted molar refractivity (Wildman–Crippen MR) is 93.8 cm³/mol. The van der Waals surface area contributed by atoms with Crippen LogP contribution in [0.5, 0.6) is 23.0 Å². The molecule has 0 atom stereocenters. The average Bonchev–Trinajstić information content (AvgIpc) is 2.70. The molecule has 0 amide bonds. The number of esters is 2. The predicted octanol–water partition coefficient (Wildman–Crippen LogP) is 2.50. The fourth-order valence-corrected chi connectivity index (χ4v) is 1.64. The summed E-state index contributed by atoms with van der Waals surface area (Å²) in [5.74, 6) is 4.99. The summed E-state index contributed by atoms with van der Waals surface area (Å²) in [5, 5.41) is 0. The number of hydrogen-bond donors (Lipinski definition) is 0. The molecule has 0 unspecified atom stereocenters. The van der Waals surface area contributed by atoms with E-state index in [-0.39, 0.29) is 0 Å². The number of ether oxygens (including phenoxy) is 5. The minimum Gasteiger partial charge on any atom is -0.459 e. The van der Waals surface area contributed by atoms with E-state index in [0.29, 0.717) is 23.0 Å². The van der Waals surface area contributed by atoms with Crippen LogP contribution in [0.1, 0.15) is 0 Å². The van der Waals surface area contributed by atoms with Crippen LogP contribution in [0.15, 0.2) is 48.5 Å². The van der Waals surface area contributed by atoms with Crippen LogP contribution < -0.4 is 14.2 Å². The van der Waals surface area contributed by atoms with Gasteiger partial charge in [-0.3, -0.25) is 0 Å². The highest BCUT2D eigenvalue weighted by atomic mass is 16.5. The third-order valence-corrected chi connectivity index (χ3v) is 2.90. The number of methoxy groups -OCH3 is 2. The van der Waals surface area contributed by atoms with Gasteiger partial charge in [0.05, 0.1) is 26.1 Å². The lowest BCUT2D eigenvalue weighted by atomic mass is 10.3. The Balaban J connectivity index is 1.90. The molecule has 7 heteroatoms. The number of carbonyl (C=O) groups is 2. The van der Waals surface area contributed by atoms with Gasteiger partial charge in [-0.05, 0) is 48.5 Å². The minimum absolute atomic E-state index is 0.451. The normalized spacial score (nSPS) is 8.81. The van der Waals surface area contributed by atoms with E-state index >= 15 is 0 Å². The quantitative estimate of drug-likeness (QED) is 0.607. The van der Waals surface area contributed by atoms with Crippen LogP contribution in [-0.4, -0.2) is 26.2 Å². The zero-order valence-electron chi connectivity index (χ0n) is 14.5. The maximum Gasteiger partial charge on any atom is 0.387 e. The number of benzene rings is 2. The Morgan fingerprint density at radius 2 is 0.963 bits per heavy atom. The Labute approximate surface area is 155 Å². The summed E-state index contributed by atoms with van der Waals surface area (Å²) in [7, 11) is 2.47. The molecule has 0 fully saturated rings. The van der Waals surface area contributed by atoms with E-state index in [2.05, 4.69) is 33.5 Å². The summed E-state index contributed by atoms with van der Waals surface area (Å²) in [5.41, 5.74) is 0. The third-order valence-electron chi connectivity index (χ3n) is 2.90. The SMILES string of the molecule is COC(=O)C#COc1ccc(Oc2ccc(OC#CC(=O)OC)cc2)cc1. The number of rotatable bonds is 4. The maximum absolute atomic E-state index is 10.9. The van der Waals surface area contributed by atoms with E-state index in [1.54, 1.807) is 48.5 Å². The van der Waals surface area contributed by atoms with Crippen molar-refractivity contribution in [1.82, 2.24) is 0 Å². The van der Waals surface area contributed by atoms with Gasteiger partial charge >= 0.3 is 11.9 Å². The maximum atomic E-state index is 10.9. The summed E-state index contributed by atoms with van der Waals surface area (Å²) in [6.45, 7) is 0. The van der Waals surface area contributed by atoms with Gasteiger partial charge in [-0.2, -0.15) is 0 Å². The standard InChI is InChI=1S/C20H14O7/c1-23-19(21)11-13-25-15-3-7-17(8-4-15)27-18-9-5-16(6-10-18)26-14-12-20(22)24-2/h3-10H,1-2H3. The van der Waals surface area contributed by atoms with Gasteiger partial charge in [-0.1, -0.05) is 0 Å². The van der Waals surface area contributed by atoms with Gasteiger partial charge in [0.1, 0.15) is 35.2 Å². The van der Waals surface area contributed by atoms with Crippen LogP contribution in [0.2, 0.25) is 0 Å². The molecule has 0 aromatic heterocycles. The number of carbonyl (C=O) groups excluding carboxylic acids is 2. The molecule has 0 radical (unpaired) electrons. The Morgan fingerprint density at radius 3 is 1.30 bits per heavy atom. The van der Waals surface area contributed by atoms with Gasteiger partial charge in [0, 0.05) is 0 Å². The Kier molecular flexibility index (Phi) is 7.13. The minimum atomic E-state index is -0.682. The van der Waals surface area contributed by atoms with Gasteiger partial charge in [-0.15, -0.1) is 0 Å². The van der Waals surface area contributed by atoms with Gasteiger partial charge < -0.3 is 23.7 Å². The van der Waals surface area contributed by atoms with Crippen molar-refractivity contribution in [3.8, 4) is 47.1 Å². The first-order chi connectivity index (χ1) is 13.1. The molecule has 0 spiro atoms. The van der Waals surface area contributed by atoms with E-state index in [0.717, 1.165) is 0 Å². The van der Waals surface area contributed by atoms with Crippen LogP contribution in [0.25, 0.3) is 0 Å². The molecular formula is C20H14O7. The second-order valence-corrected chi connectivity index (χ2v) is 4.69. The van der Waals surface area contributed by atoms with Crippen molar-refractivity contribution >= 4 is 11.9 Å². The van der Waals surface area contributed by atoms with Gasteiger partial charge in [0.2, 0.25) is 0 Å². The molecule has 0 saturated carbocycles. The van der Waals surface area contributed by atoms with E-state index in [9.17, 15) is 9.59 Å². The first-order valence-electron chi connectivity index (χ1n) is 7.50. The van der Waals surface area contributed by atoms with Crippen LogP contribution in [0.4, 0.5) is 0 Å². The summed E-state index contributed by atoms with van der Waals surface area (Å²) in [4.78, 5) is 21.7. The fourth-order valence-electron chi connectivity index (χ4n) is 1.64. The van der Waals surface area contributed by atoms with Crippen molar-refractivity contribution in [2.45, 2.75) is 0 Å². The zero-order valence-corrected chi connectivity index (χ0v) is 14.5. The van der Waals surface area contributed by atoms with E-state index in [1.165, 1.54) is 14.2 Å².